The van der Waals surface area contributed by atoms with Crippen LogP contribution in [0.3, 0.4) is 0 Å². The second-order valence-corrected chi connectivity index (χ2v) is 9.15. The number of nitrogens with zero attached hydrogens (tertiary/aromatic N) is 4. The lowest BCUT2D eigenvalue weighted by Gasteiger charge is -2.24. The van der Waals surface area contributed by atoms with Gasteiger partial charge in [-0.25, -0.2) is 9.67 Å². The number of nitrogens with two attached hydrogens (primary N) is 2. The van der Waals surface area contributed by atoms with Gasteiger partial charge < -0.3 is 16.2 Å². The smallest absolute Gasteiger partial charge is 0.429 e. The SMILES string of the molecule is CC(=O)[C@@H](N)Cc1ccc(-c2cc(O[C@H](c3ccc(Cl)cc3-n3ccc(C)n3)C(F)(F)F)nc(N)n2)cc1. The van der Waals surface area contributed by atoms with Gasteiger partial charge in [-0.05, 0) is 44.0 Å². The number of aryl methyl sites for hydroxylation is 1. The van der Waals surface area contributed by atoms with E-state index in [-0.39, 0.29) is 39.6 Å². The van der Waals surface area contributed by atoms with Crippen molar-refractivity contribution in [2.45, 2.75) is 38.6 Å². The molecule has 0 spiro atoms. The number of carbonyl (C=O) groups excluding carboxylic acids is 1. The van der Waals surface area contributed by atoms with Crippen LogP contribution in [0, 0.1) is 6.92 Å². The Morgan fingerprint density at radius 3 is 2.42 bits per heavy atom. The van der Waals surface area contributed by atoms with Crippen molar-refractivity contribution in [2.24, 2.45) is 5.73 Å². The van der Waals surface area contributed by atoms with E-state index in [9.17, 15) is 18.0 Å². The Morgan fingerprint density at radius 2 is 1.82 bits per heavy atom. The van der Waals surface area contributed by atoms with E-state index in [0.29, 0.717) is 17.7 Å². The first-order chi connectivity index (χ1) is 17.9. The first-order valence-corrected chi connectivity index (χ1v) is 11.8. The van der Waals surface area contributed by atoms with E-state index in [1.54, 1.807) is 37.3 Å². The van der Waals surface area contributed by atoms with E-state index >= 15 is 0 Å². The molecule has 0 saturated carbocycles. The number of nitrogen functional groups attached to an aromatic ring is 1. The van der Waals surface area contributed by atoms with Gasteiger partial charge >= 0.3 is 6.18 Å². The van der Waals surface area contributed by atoms with Crippen LogP contribution < -0.4 is 16.2 Å². The molecule has 0 saturated heterocycles. The molecule has 0 bridgehead atoms. The fourth-order valence-electron chi connectivity index (χ4n) is 3.77. The average molecular weight is 545 g/mol. The molecule has 0 aliphatic heterocycles. The molecule has 198 valence electrons. The van der Waals surface area contributed by atoms with Crippen molar-refractivity contribution in [2.75, 3.05) is 5.73 Å². The minimum Gasteiger partial charge on any atom is -0.459 e. The van der Waals surface area contributed by atoms with E-state index in [1.807, 2.05) is 0 Å². The zero-order chi connectivity index (χ0) is 27.6. The number of halogens is 4. The number of alkyl halides is 3. The molecular weight excluding hydrogens is 521 g/mol. The van der Waals surface area contributed by atoms with Crippen molar-refractivity contribution in [3.8, 4) is 22.8 Å². The summed E-state index contributed by atoms with van der Waals surface area (Å²) < 4.78 is 49.7. The van der Waals surface area contributed by atoms with Gasteiger partial charge in [-0.15, -0.1) is 0 Å². The molecule has 0 radical (unpaired) electrons. The fourth-order valence-corrected chi connectivity index (χ4v) is 3.94. The molecule has 0 aliphatic rings. The van der Waals surface area contributed by atoms with Crippen molar-refractivity contribution in [1.82, 2.24) is 19.7 Å². The molecule has 12 heteroatoms. The highest BCUT2D eigenvalue weighted by Crippen LogP contribution is 2.40. The largest absolute Gasteiger partial charge is 0.459 e. The summed E-state index contributed by atoms with van der Waals surface area (Å²) in [6.07, 6.45) is -5.34. The molecule has 0 amide bonds. The van der Waals surface area contributed by atoms with E-state index in [1.165, 1.54) is 42.1 Å². The Hall–Kier alpha value is -3.96. The Kier molecular flexibility index (Phi) is 7.70. The first kappa shape index (κ1) is 27.1. The van der Waals surface area contributed by atoms with Gasteiger partial charge in [0.05, 0.1) is 23.1 Å². The van der Waals surface area contributed by atoms with Crippen LogP contribution in [0.1, 0.15) is 29.8 Å². The van der Waals surface area contributed by atoms with Crippen molar-refractivity contribution in [3.05, 3.63) is 82.6 Å². The predicted octanol–water partition coefficient (Wildman–Crippen LogP) is 5.01. The van der Waals surface area contributed by atoms with Crippen LogP contribution in [0.15, 0.2) is 60.8 Å². The molecule has 4 rings (SSSR count). The number of hydrogen-bond donors (Lipinski definition) is 2. The third-order valence-electron chi connectivity index (χ3n) is 5.73. The highest BCUT2D eigenvalue weighted by Gasteiger charge is 2.45. The number of Topliss-reactive ketones (excluding diaryl/α,β-unsaturated/α-hetero) is 1. The molecule has 8 nitrogen and oxygen atoms in total. The molecule has 38 heavy (non-hydrogen) atoms. The number of benzene rings is 2. The maximum absolute atomic E-state index is 14.3. The van der Waals surface area contributed by atoms with Crippen LogP contribution in [0.4, 0.5) is 19.1 Å². The maximum Gasteiger partial charge on any atom is 0.429 e. The lowest BCUT2D eigenvalue weighted by atomic mass is 10.0. The molecule has 2 aromatic carbocycles. The Balaban J connectivity index is 1.68. The van der Waals surface area contributed by atoms with Gasteiger partial charge in [0, 0.05) is 28.4 Å². The summed E-state index contributed by atoms with van der Waals surface area (Å²) in [5.74, 6) is -0.764. The van der Waals surface area contributed by atoms with Crippen molar-refractivity contribution in [3.63, 3.8) is 0 Å². The van der Waals surface area contributed by atoms with Crippen molar-refractivity contribution >= 4 is 23.3 Å². The van der Waals surface area contributed by atoms with Gasteiger partial charge in [-0.1, -0.05) is 41.9 Å². The van der Waals surface area contributed by atoms with Crippen LogP contribution in [-0.2, 0) is 11.2 Å². The van der Waals surface area contributed by atoms with E-state index < -0.39 is 18.3 Å². The van der Waals surface area contributed by atoms with Gasteiger partial charge in [-0.2, -0.15) is 23.3 Å². The minimum atomic E-state index is -4.82. The van der Waals surface area contributed by atoms with Crippen LogP contribution in [0.2, 0.25) is 5.02 Å². The van der Waals surface area contributed by atoms with E-state index in [2.05, 4.69) is 15.1 Å². The second-order valence-electron chi connectivity index (χ2n) is 8.71. The lowest BCUT2D eigenvalue weighted by Crippen LogP contribution is -2.30. The number of anilines is 1. The monoisotopic (exact) mass is 544 g/mol. The highest BCUT2D eigenvalue weighted by molar-refractivity contribution is 6.30. The van der Waals surface area contributed by atoms with Crippen LogP contribution >= 0.6 is 11.6 Å². The number of rotatable bonds is 8. The van der Waals surface area contributed by atoms with Crippen molar-refractivity contribution in [1.29, 1.82) is 0 Å². The zero-order valence-corrected chi connectivity index (χ0v) is 21.2. The number of ether oxygens (including phenoxy) is 1. The standard InChI is InChI=1S/C26H24ClF3N6O2/c1-14-9-10-36(35-14)22-12-18(27)7-8-19(22)24(26(28,29)30)38-23-13-21(33-25(32)34-23)17-5-3-16(4-6-17)11-20(31)15(2)37/h3-10,12-13,20,24H,11,31H2,1-2H3,(H2,32,33,34)/t20-,24+/m0/s1. The molecule has 4 N–H and O–H groups in total. The Morgan fingerprint density at radius 1 is 1.11 bits per heavy atom. The van der Waals surface area contributed by atoms with E-state index in [0.717, 1.165) is 5.56 Å². The summed E-state index contributed by atoms with van der Waals surface area (Å²) >= 11 is 6.09. The van der Waals surface area contributed by atoms with Gasteiger partial charge in [0.1, 0.15) is 5.78 Å². The summed E-state index contributed by atoms with van der Waals surface area (Å²) in [5.41, 5.74) is 13.8. The Labute approximate surface area is 221 Å². The predicted molar refractivity (Wildman–Crippen MR) is 137 cm³/mol. The lowest BCUT2D eigenvalue weighted by molar-refractivity contribution is -0.198. The van der Waals surface area contributed by atoms with Gasteiger partial charge in [-0.3, -0.25) is 4.79 Å². The van der Waals surface area contributed by atoms with E-state index in [4.69, 9.17) is 27.8 Å². The van der Waals surface area contributed by atoms with Crippen LogP contribution in [-0.4, -0.2) is 37.7 Å². The molecule has 2 aromatic heterocycles. The summed E-state index contributed by atoms with van der Waals surface area (Å²) in [4.78, 5) is 19.5. The molecule has 4 aromatic rings. The second kappa shape index (κ2) is 10.8. The third-order valence-corrected chi connectivity index (χ3v) is 5.96. The quantitative estimate of drug-likeness (QED) is 0.319. The van der Waals surface area contributed by atoms with Crippen LogP contribution in [0.25, 0.3) is 16.9 Å². The fraction of sp³-hybridized carbons (Fsp3) is 0.231. The number of ketones is 1. The molecule has 0 fully saturated rings. The molecule has 0 unspecified atom stereocenters. The molecule has 0 aliphatic carbocycles. The summed E-state index contributed by atoms with van der Waals surface area (Å²) in [6.45, 7) is 3.13. The number of aromatic nitrogens is 4. The highest BCUT2D eigenvalue weighted by atomic mass is 35.5. The normalized spacial score (nSPS) is 13.2. The molecule has 2 atom stereocenters. The van der Waals surface area contributed by atoms with Crippen molar-refractivity contribution < 1.29 is 22.7 Å². The maximum atomic E-state index is 14.3. The van der Waals surface area contributed by atoms with Crippen LogP contribution in [0.5, 0.6) is 5.88 Å². The summed E-state index contributed by atoms with van der Waals surface area (Å²) in [7, 11) is 0. The zero-order valence-electron chi connectivity index (χ0n) is 20.4. The van der Waals surface area contributed by atoms with Gasteiger partial charge in [0.15, 0.2) is 0 Å². The molecular formula is C26H24ClF3N6O2. The number of hydrogen-bond acceptors (Lipinski definition) is 7. The first-order valence-electron chi connectivity index (χ1n) is 11.5. The average Bonchev–Trinajstić information content (AvgIpc) is 3.28. The van der Waals surface area contributed by atoms with Gasteiger partial charge in [0.2, 0.25) is 17.9 Å². The summed E-state index contributed by atoms with van der Waals surface area (Å²) in [5, 5.41) is 4.45. The Bertz CT molecular complexity index is 1460. The topological polar surface area (TPSA) is 122 Å². The summed E-state index contributed by atoms with van der Waals surface area (Å²) in [6, 6.07) is 13.2. The third kappa shape index (κ3) is 6.29. The molecule has 2 heterocycles. The van der Waals surface area contributed by atoms with Gasteiger partial charge in [0.25, 0.3) is 0 Å². The number of carbonyl (C=O) groups is 1. The minimum absolute atomic E-state index is 0.106.